The molecule has 0 radical (unpaired) electrons. The molecule has 4 nitrogen and oxygen atoms in total. The van der Waals surface area contributed by atoms with Gasteiger partial charge in [-0.25, -0.2) is 0 Å². The van der Waals surface area contributed by atoms with Crippen molar-refractivity contribution in [3.63, 3.8) is 0 Å². The number of hydrogen-bond acceptors (Lipinski definition) is 4. The molecule has 0 spiro atoms. The first-order valence-corrected chi connectivity index (χ1v) is 20.5. The lowest BCUT2D eigenvalue weighted by molar-refractivity contribution is 1.25. The van der Waals surface area contributed by atoms with E-state index in [0.717, 1.165) is 44.2 Å². The summed E-state index contributed by atoms with van der Waals surface area (Å²) in [6.45, 7) is 0. The highest BCUT2D eigenvalue weighted by Gasteiger charge is 2.20. The van der Waals surface area contributed by atoms with Crippen LogP contribution >= 0.6 is 45.3 Å². The molecule has 8 aromatic heterocycles. The summed E-state index contributed by atoms with van der Waals surface area (Å²) in [5.74, 6) is 0. The summed E-state index contributed by atoms with van der Waals surface area (Å²) in [5.41, 5.74) is 4.49. The summed E-state index contributed by atoms with van der Waals surface area (Å²) in [6, 6.07) is 35.3. The maximum Gasteiger partial charge on any atom is 0.0612 e. The van der Waals surface area contributed by atoms with E-state index < -0.39 is 0 Å². The van der Waals surface area contributed by atoms with Gasteiger partial charge in [0.1, 0.15) is 0 Å². The van der Waals surface area contributed by atoms with Crippen LogP contribution in [0.15, 0.2) is 97.1 Å². The maximum atomic E-state index is 3.93. The largest absolute Gasteiger partial charge is 0.354 e. The molecule has 0 aliphatic carbocycles. The van der Waals surface area contributed by atoms with Gasteiger partial charge in [0, 0.05) is 61.9 Å². The summed E-state index contributed by atoms with van der Waals surface area (Å²) in [5, 5.41) is 14.7. The van der Waals surface area contributed by atoms with Gasteiger partial charge in [0.2, 0.25) is 0 Å². The lowest BCUT2D eigenvalue weighted by Gasteiger charge is -1.94. The molecule has 8 bridgehead atoms. The van der Waals surface area contributed by atoms with Crippen LogP contribution in [0, 0.1) is 0 Å². The predicted molar refractivity (Wildman–Crippen MR) is 227 cm³/mol. The van der Waals surface area contributed by atoms with Gasteiger partial charge < -0.3 is 19.9 Å². The van der Waals surface area contributed by atoms with Crippen LogP contribution in [-0.2, 0) is 0 Å². The third-order valence-electron chi connectivity index (χ3n) is 10.7. The number of H-pyrrole nitrogens is 4. The number of aromatic amines is 4. The molecule has 8 heteroatoms. The second-order valence-electron chi connectivity index (χ2n) is 13.6. The summed E-state index contributed by atoms with van der Waals surface area (Å²) in [6.07, 6.45) is 9.38. The van der Waals surface area contributed by atoms with Gasteiger partial charge in [-0.3, -0.25) is 0 Å². The van der Waals surface area contributed by atoms with E-state index in [9.17, 15) is 0 Å². The molecule has 0 amide bonds. The molecule has 12 aromatic rings. The van der Waals surface area contributed by atoms with Gasteiger partial charge in [-0.05, 0) is 48.6 Å². The first kappa shape index (κ1) is 28.0. The van der Waals surface area contributed by atoms with E-state index in [1.807, 2.05) is 45.3 Å². The summed E-state index contributed by atoms with van der Waals surface area (Å²) in [7, 11) is 0. The van der Waals surface area contributed by atoms with E-state index in [4.69, 9.17) is 0 Å². The van der Waals surface area contributed by atoms with Gasteiger partial charge in [0.05, 0.1) is 63.0 Å². The number of aromatic nitrogens is 4. The Hall–Kier alpha value is -5.64. The highest BCUT2D eigenvalue weighted by atomic mass is 32.1. The van der Waals surface area contributed by atoms with Crippen LogP contribution in [0.5, 0.6) is 0 Å². The number of thiophene rings is 4. The molecule has 0 atom stereocenters. The molecular formula is C44H24N4S4. The molecule has 9 heterocycles. The molecule has 0 saturated heterocycles. The third-order valence-corrected chi connectivity index (χ3v) is 15.5. The van der Waals surface area contributed by atoms with E-state index in [1.54, 1.807) is 0 Å². The van der Waals surface area contributed by atoms with Crippen molar-refractivity contribution in [1.29, 1.82) is 0 Å². The first-order chi connectivity index (χ1) is 25.7. The number of hydrogen-bond donors (Lipinski definition) is 4. The standard InChI is InChI=1S/C44H24N4S4/c1-5-13-33-21(9-1)37-25-17-30-42-39(23-11-3-6-14-34(23)50-42)27(46-30)19-32-44-40(24-12-4-8-16-36(24)52-44)28(48-32)20-31-43-38(22-10-2-7-15-35(22)51-43)26(47-31)18-29(45-25)41(37)49-33/h1-20,45-48H. The predicted octanol–water partition coefficient (Wildman–Crippen LogP) is 10.1. The minimum absolute atomic E-state index is 1.12. The Morgan fingerprint density at radius 2 is 0.615 bits per heavy atom. The van der Waals surface area contributed by atoms with Crippen molar-refractivity contribution in [3.8, 4) is 0 Å². The average molecular weight is 737 g/mol. The number of rotatable bonds is 0. The molecule has 0 fully saturated rings. The SMILES string of the molecule is C1=c2[nH]c(c3c2sc2ccccc23)=Cc2[nH]c(c3c2sc2ccccc23)C=c2[nH]c(c3c2sc2ccccc23)=Cc2[nH]c1c1c2sc2ccccc21. The van der Waals surface area contributed by atoms with Gasteiger partial charge in [-0.1, -0.05) is 72.8 Å². The topological polar surface area (TPSA) is 63.2 Å². The Bertz CT molecular complexity index is 3520. The van der Waals surface area contributed by atoms with Crippen LogP contribution in [0.25, 0.3) is 105 Å². The van der Waals surface area contributed by atoms with Crippen molar-refractivity contribution in [2.75, 3.05) is 0 Å². The van der Waals surface area contributed by atoms with Gasteiger partial charge in [-0.15, -0.1) is 45.3 Å². The van der Waals surface area contributed by atoms with E-state index in [2.05, 4.69) is 141 Å². The fourth-order valence-corrected chi connectivity index (χ4v) is 13.2. The quantitative estimate of drug-likeness (QED) is 0.120. The molecular weight excluding hydrogens is 713 g/mol. The van der Waals surface area contributed by atoms with E-state index in [1.165, 1.54) is 80.7 Å². The lowest BCUT2D eigenvalue weighted by atomic mass is 10.1. The molecule has 52 heavy (non-hydrogen) atoms. The van der Waals surface area contributed by atoms with Crippen molar-refractivity contribution < 1.29 is 0 Å². The van der Waals surface area contributed by atoms with E-state index in [-0.39, 0.29) is 0 Å². The second-order valence-corrected chi connectivity index (χ2v) is 17.8. The fraction of sp³-hybridized carbons (Fsp3) is 0. The Kier molecular flexibility index (Phi) is 5.40. The van der Waals surface area contributed by atoms with Crippen LogP contribution in [0.1, 0.15) is 22.8 Å². The normalized spacial score (nSPS) is 13.2. The monoisotopic (exact) mass is 736 g/mol. The summed E-state index contributed by atoms with van der Waals surface area (Å²) < 4.78 is 10.3. The van der Waals surface area contributed by atoms with Crippen LogP contribution in [0.2, 0.25) is 0 Å². The third kappa shape index (κ3) is 3.69. The highest BCUT2D eigenvalue weighted by molar-refractivity contribution is 7.27. The second kappa shape index (κ2) is 10.0. The Balaban J connectivity index is 1.27. The molecule has 1 aliphatic heterocycles. The van der Waals surface area contributed by atoms with Crippen LogP contribution in [0.4, 0.5) is 0 Å². The Labute approximate surface area is 309 Å². The van der Waals surface area contributed by atoms with E-state index in [0.29, 0.717) is 0 Å². The van der Waals surface area contributed by atoms with Gasteiger partial charge in [0.25, 0.3) is 0 Å². The Morgan fingerprint density at radius 3 is 1.02 bits per heavy atom. The summed E-state index contributed by atoms with van der Waals surface area (Å²) >= 11 is 7.47. The molecule has 13 rings (SSSR count). The molecule has 0 unspecified atom stereocenters. The molecule has 4 aromatic carbocycles. The van der Waals surface area contributed by atoms with Crippen molar-refractivity contribution >= 4 is 150 Å². The van der Waals surface area contributed by atoms with Crippen LogP contribution < -0.4 is 21.4 Å². The van der Waals surface area contributed by atoms with Gasteiger partial charge >= 0.3 is 0 Å². The first-order valence-electron chi connectivity index (χ1n) is 17.3. The van der Waals surface area contributed by atoms with E-state index >= 15 is 0 Å². The zero-order valence-electron chi connectivity index (χ0n) is 27.2. The minimum atomic E-state index is 1.12. The molecule has 0 saturated carbocycles. The van der Waals surface area contributed by atoms with Gasteiger partial charge in [-0.2, -0.15) is 0 Å². The molecule has 4 N–H and O–H groups in total. The zero-order chi connectivity index (χ0) is 33.7. The van der Waals surface area contributed by atoms with Crippen molar-refractivity contribution in [3.05, 3.63) is 141 Å². The summed E-state index contributed by atoms with van der Waals surface area (Å²) in [4.78, 5) is 15.7. The Morgan fingerprint density at radius 1 is 0.288 bits per heavy atom. The smallest absolute Gasteiger partial charge is 0.0612 e. The highest BCUT2D eigenvalue weighted by Crippen LogP contribution is 2.41. The number of nitrogens with one attached hydrogen (secondary N) is 4. The molecule has 1 aliphatic rings. The van der Waals surface area contributed by atoms with Crippen molar-refractivity contribution in [2.24, 2.45) is 0 Å². The zero-order valence-corrected chi connectivity index (χ0v) is 30.4. The van der Waals surface area contributed by atoms with Gasteiger partial charge in [0.15, 0.2) is 0 Å². The maximum absolute atomic E-state index is 3.93. The lowest BCUT2D eigenvalue weighted by Crippen LogP contribution is -2.11. The van der Waals surface area contributed by atoms with Crippen LogP contribution in [0.3, 0.4) is 0 Å². The van der Waals surface area contributed by atoms with Crippen LogP contribution in [-0.4, -0.2) is 19.9 Å². The average Bonchev–Trinajstić information content (AvgIpc) is 4.02. The number of benzene rings is 4. The fourth-order valence-electron chi connectivity index (χ4n) is 8.48. The molecule has 244 valence electrons. The number of fused-ring (bicyclic) bond motifs is 28. The van der Waals surface area contributed by atoms with Crippen molar-refractivity contribution in [2.45, 2.75) is 0 Å². The van der Waals surface area contributed by atoms with Crippen molar-refractivity contribution in [1.82, 2.24) is 19.9 Å². The minimum Gasteiger partial charge on any atom is -0.354 e.